The number of phenolic OH excluding ortho intramolecular Hbond substituents is 1. The molecule has 0 spiro atoms. The number of hydrogen-bond donors (Lipinski definition) is 4. The van der Waals surface area contributed by atoms with Gasteiger partial charge in [0.2, 0.25) is 0 Å². The maximum Gasteiger partial charge on any atom is 0.319 e. The predicted molar refractivity (Wildman–Crippen MR) is 86.0 cm³/mol. The Morgan fingerprint density at radius 2 is 1.96 bits per heavy atom. The Morgan fingerprint density at radius 1 is 1.22 bits per heavy atom. The summed E-state index contributed by atoms with van der Waals surface area (Å²) >= 11 is 0. The fourth-order valence-corrected chi connectivity index (χ4v) is 2.10. The number of nitrogens with one attached hydrogen (secondary N) is 2. The van der Waals surface area contributed by atoms with E-state index < -0.39 is 12.1 Å². The summed E-state index contributed by atoms with van der Waals surface area (Å²) in [4.78, 5) is 12.0. The summed E-state index contributed by atoms with van der Waals surface area (Å²) in [6.45, 7) is -0.216. The Balaban J connectivity index is 1.94. The van der Waals surface area contributed by atoms with E-state index in [9.17, 15) is 15.0 Å². The summed E-state index contributed by atoms with van der Waals surface area (Å²) in [5.41, 5.74) is 1.84. The number of carbonyl (C=O) groups excluding carboxylic acids is 1. The zero-order valence-corrected chi connectivity index (χ0v) is 12.4. The summed E-state index contributed by atoms with van der Waals surface area (Å²) in [6.07, 6.45) is 0.433. The van der Waals surface area contributed by atoms with E-state index in [1.807, 2.05) is 6.07 Å². The molecule has 0 saturated heterocycles. The van der Waals surface area contributed by atoms with Crippen molar-refractivity contribution < 1.29 is 15.0 Å². The summed E-state index contributed by atoms with van der Waals surface area (Å²) in [6, 6.07) is 14.2. The van der Waals surface area contributed by atoms with Gasteiger partial charge in [0.25, 0.3) is 0 Å². The van der Waals surface area contributed by atoms with Crippen LogP contribution in [0.1, 0.15) is 11.1 Å². The lowest BCUT2D eigenvalue weighted by Gasteiger charge is -2.17. The number of nitriles is 1. The third-order valence-corrected chi connectivity index (χ3v) is 3.22. The first-order valence-electron chi connectivity index (χ1n) is 7.07. The van der Waals surface area contributed by atoms with Crippen LogP contribution in [0.4, 0.5) is 10.5 Å². The van der Waals surface area contributed by atoms with E-state index >= 15 is 0 Å². The molecule has 0 aliphatic heterocycles. The van der Waals surface area contributed by atoms with Gasteiger partial charge >= 0.3 is 6.03 Å². The Morgan fingerprint density at radius 3 is 2.61 bits per heavy atom. The molecular formula is C17H17N3O3. The predicted octanol–water partition coefficient (Wildman–Crippen LogP) is 1.99. The third-order valence-electron chi connectivity index (χ3n) is 3.22. The van der Waals surface area contributed by atoms with Crippen molar-refractivity contribution in [1.29, 1.82) is 5.26 Å². The van der Waals surface area contributed by atoms with Crippen LogP contribution < -0.4 is 10.6 Å². The van der Waals surface area contributed by atoms with Gasteiger partial charge in [-0.1, -0.05) is 18.2 Å². The summed E-state index contributed by atoms with van der Waals surface area (Å²) in [5.74, 6) is 0.164. The fraction of sp³-hybridized carbons (Fsp3) is 0.176. The molecule has 0 heterocycles. The quantitative estimate of drug-likeness (QED) is 0.677. The number of benzene rings is 2. The van der Waals surface area contributed by atoms with Crippen LogP contribution in [0, 0.1) is 11.3 Å². The second-order valence-corrected chi connectivity index (χ2v) is 5.04. The molecule has 0 saturated carbocycles. The minimum atomic E-state index is -0.460. The average molecular weight is 311 g/mol. The van der Waals surface area contributed by atoms with Gasteiger partial charge in [0, 0.05) is 5.69 Å². The van der Waals surface area contributed by atoms with Gasteiger partial charge < -0.3 is 20.8 Å². The van der Waals surface area contributed by atoms with Crippen molar-refractivity contribution in [2.45, 2.75) is 12.5 Å². The van der Waals surface area contributed by atoms with Crippen LogP contribution in [0.2, 0.25) is 0 Å². The number of carbonyl (C=O) groups is 1. The van der Waals surface area contributed by atoms with Crippen LogP contribution in [-0.2, 0) is 6.42 Å². The second kappa shape index (κ2) is 7.82. The maximum atomic E-state index is 12.0. The van der Waals surface area contributed by atoms with Gasteiger partial charge in [-0.15, -0.1) is 0 Å². The number of anilines is 1. The molecule has 23 heavy (non-hydrogen) atoms. The molecule has 0 bridgehead atoms. The third kappa shape index (κ3) is 5.02. The van der Waals surface area contributed by atoms with Crippen molar-refractivity contribution in [3.05, 3.63) is 59.7 Å². The summed E-state index contributed by atoms with van der Waals surface area (Å²) < 4.78 is 0. The van der Waals surface area contributed by atoms with Crippen LogP contribution >= 0.6 is 0 Å². The number of phenols is 1. The van der Waals surface area contributed by atoms with E-state index in [4.69, 9.17) is 5.26 Å². The zero-order valence-electron chi connectivity index (χ0n) is 12.4. The van der Waals surface area contributed by atoms with E-state index in [1.165, 1.54) is 0 Å². The standard InChI is InChI=1S/C17H17N3O3/c18-10-13-2-1-3-14(9-13)19-17(23)20-15(11-21)8-12-4-6-16(22)7-5-12/h1-7,9,15,21-22H,8,11H2,(H2,19,20,23)/t15-/m0/s1. The number of aliphatic hydroxyl groups excluding tert-OH is 1. The van der Waals surface area contributed by atoms with Crippen LogP contribution in [0.3, 0.4) is 0 Å². The fourth-order valence-electron chi connectivity index (χ4n) is 2.10. The number of hydrogen-bond acceptors (Lipinski definition) is 4. The van der Waals surface area contributed by atoms with Crippen molar-refractivity contribution in [2.75, 3.05) is 11.9 Å². The Bertz CT molecular complexity index is 708. The molecule has 6 nitrogen and oxygen atoms in total. The molecule has 2 aromatic rings. The van der Waals surface area contributed by atoms with Crippen LogP contribution in [0.5, 0.6) is 5.75 Å². The van der Waals surface area contributed by atoms with Gasteiger partial charge in [-0.25, -0.2) is 4.79 Å². The van der Waals surface area contributed by atoms with Gasteiger partial charge in [0.15, 0.2) is 0 Å². The second-order valence-electron chi connectivity index (χ2n) is 5.04. The molecule has 2 rings (SSSR count). The average Bonchev–Trinajstić information content (AvgIpc) is 2.56. The highest BCUT2D eigenvalue weighted by atomic mass is 16.3. The summed E-state index contributed by atoms with van der Waals surface area (Å²) in [5, 5.41) is 32.8. The van der Waals surface area contributed by atoms with Gasteiger partial charge in [-0.2, -0.15) is 5.26 Å². The van der Waals surface area contributed by atoms with Crippen molar-refractivity contribution in [1.82, 2.24) is 5.32 Å². The molecule has 2 aromatic carbocycles. The van der Waals surface area contributed by atoms with Gasteiger partial charge in [-0.3, -0.25) is 0 Å². The zero-order chi connectivity index (χ0) is 16.7. The number of amides is 2. The summed E-state index contributed by atoms with van der Waals surface area (Å²) in [7, 11) is 0. The largest absolute Gasteiger partial charge is 0.508 e. The lowest BCUT2D eigenvalue weighted by Crippen LogP contribution is -2.41. The van der Waals surface area contributed by atoms with Gasteiger partial charge in [-0.05, 0) is 42.3 Å². The van der Waals surface area contributed by atoms with Crippen molar-refractivity contribution in [3.8, 4) is 11.8 Å². The number of rotatable bonds is 5. The highest BCUT2D eigenvalue weighted by Crippen LogP contribution is 2.12. The van der Waals surface area contributed by atoms with E-state index in [0.717, 1.165) is 5.56 Å². The highest BCUT2D eigenvalue weighted by molar-refractivity contribution is 5.89. The van der Waals surface area contributed by atoms with Crippen LogP contribution in [-0.4, -0.2) is 28.9 Å². The van der Waals surface area contributed by atoms with Crippen LogP contribution in [0.15, 0.2) is 48.5 Å². The molecule has 0 fully saturated rings. The van der Waals surface area contributed by atoms with Gasteiger partial charge in [0.1, 0.15) is 5.75 Å². The minimum Gasteiger partial charge on any atom is -0.508 e. The lowest BCUT2D eigenvalue weighted by atomic mass is 10.1. The van der Waals surface area contributed by atoms with E-state index in [0.29, 0.717) is 17.7 Å². The molecule has 0 aromatic heterocycles. The molecule has 6 heteroatoms. The molecule has 0 aliphatic rings. The molecule has 2 amide bonds. The highest BCUT2D eigenvalue weighted by Gasteiger charge is 2.12. The van der Waals surface area contributed by atoms with E-state index in [1.54, 1.807) is 48.5 Å². The SMILES string of the molecule is N#Cc1cccc(NC(=O)N[C@H](CO)Cc2ccc(O)cc2)c1. The maximum absolute atomic E-state index is 12.0. The van der Waals surface area contributed by atoms with Gasteiger partial charge in [0.05, 0.1) is 24.3 Å². The number of urea groups is 1. The Kier molecular flexibility index (Phi) is 5.56. The van der Waals surface area contributed by atoms with Crippen molar-refractivity contribution in [2.24, 2.45) is 0 Å². The molecule has 118 valence electrons. The monoisotopic (exact) mass is 311 g/mol. The lowest BCUT2D eigenvalue weighted by molar-refractivity contribution is 0.224. The number of aliphatic hydroxyl groups is 1. The first kappa shape index (κ1) is 16.3. The first-order chi connectivity index (χ1) is 11.1. The Hall–Kier alpha value is -3.04. The number of aromatic hydroxyl groups is 1. The van der Waals surface area contributed by atoms with E-state index in [2.05, 4.69) is 10.6 Å². The van der Waals surface area contributed by atoms with Crippen molar-refractivity contribution in [3.63, 3.8) is 0 Å². The molecule has 0 aliphatic carbocycles. The number of nitrogens with zero attached hydrogens (tertiary/aromatic N) is 1. The van der Waals surface area contributed by atoms with E-state index in [-0.39, 0.29) is 12.4 Å². The Labute approximate surface area is 134 Å². The smallest absolute Gasteiger partial charge is 0.319 e. The normalized spacial score (nSPS) is 11.3. The molecule has 4 N–H and O–H groups in total. The van der Waals surface area contributed by atoms with Crippen LogP contribution in [0.25, 0.3) is 0 Å². The molecular weight excluding hydrogens is 294 g/mol. The minimum absolute atomic E-state index is 0.164. The topological polar surface area (TPSA) is 105 Å². The molecule has 0 radical (unpaired) electrons. The van der Waals surface area contributed by atoms with Crippen molar-refractivity contribution >= 4 is 11.7 Å². The first-order valence-corrected chi connectivity index (χ1v) is 7.07. The molecule has 1 atom stereocenters. The molecule has 0 unspecified atom stereocenters.